The van der Waals surface area contributed by atoms with E-state index in [1.54, 1.807) is 35.7 Å². The number of fused-ring (bicyclic) bond motifs is 1. The normalized spacial score (nSPS) is 14.8. The van der Waals surface area contributed by atoms with Gasteiger partial charge in [0.1, 0.15) is 11.2 Å². The van der Waals surface area contributed by atoms with Gasteiger partial charge in [0.05, 0.1) is 11.2 Å². The number of hydrogen-bond acceptors (Lipinski definition) is 4. The predicted molar refractivity (Wildman–Crippen MR) is 102 cm³/mol. The summed E-state index contributed by atoms with van der Waals surface area (Å²) in [6.45, 7) is -0.0876. The number of nitrogens with zero attached hydrogens (tertiary/aromatic N) is 2. The largest absolute Gasteiger partial charge is 0.352 e. The van der Waals surface area contributed by atoms with Crippen molar-refractivity contribution in [1.29, 1.82) is 0 Å². The summed E-state index contributed by atoms with van der Waals surface area (Å²) in [6.07, 6.45) is 4.22. The van der Waals surface area contributed by atoms with Crippen LogP contribution < -0.4 is 16.6 Å². The average molecular weight is 369 g/mol. The third-order valence-electron chi connectivity index (χ3n) is 4.79. The zero-order valence-electron chi connectivity index (χ0n) is 14.2. The summed E-state index contributed by atoms with van der Waals surface area (Å²) >= 11 is 1.28. The fourth-order valence-corrected chi connectivity index (χ4v) is 4.36. The van der Waals surface area contributed by atoms with E-state index in [9.17, 15) is 14.4 Å². The maximum absolute atomic E-state index is 13.0. The summed E-state index contributed by atoms with van der Waals surface area (Å²) < 4.78 is 3.01. The molecule has 1 saturated carbocycles. The molecule has 0 atom stereocenters. The monoisotopic (exact) mass is 369 g/mol. The number of amides is 1. The van der Waals surface area contributed by atoms with E-state index in [0.29, 0.717) is 15.9 Å². The van der Waals surface area contributed by atoms with Gasteiger partial charge in [-0.25, -0.2) is 9.36 Å². The van der Waals surface area contributed by atoms with Crippen LogP contribution in [0.3, 0.4) is 0 Å². The summed E-state index contributed by atoms with van der Waals surface area (Å²) in [5.41, 5.74) is 0.175. The highest BCUT2D eigenvalue weighted by Gasteiger charge is 2.20. The minimum Gasteiger partial charge on any atom is -0.352 e. The molecule has 0 aliphatic heterocycles. The summed E-state index contributed by atoms with van der Waals surface area (Å²) in [6, 6.07) is 10.7. The average Bonchev–Trinajstić information content (AvgIpc) is 3.31. The summed E-state index contributed by atoms with van der Waals surface area (Å²) in [5, 5.41) is 4.77. The molecule has 2 aromatic heterocycles. The van der Waals surface area contributed by atoms with Crippen molar-refractivity contribution < 1.29 is 4.79 Å². The molecule has 3 aromatic rings. The molecule has 0 bridgehead atoms. The zero-order valence-corrected chi connectivity index (χ0v) is 15.0. The van der Waals surface area contributed by atoms with Crippen LogP contribution in [0.1, 0.15) is 25.7 Å². The van der Waals surface area contributed by atoms with Crippen LogP contribution in [0.25, 0.3) is 15.9 Å². The molecule has 2 heterocycles. The van der Waals surface area contributed by atoms with Crippen LogP contribution in [0.15, 0.2) is 51.4 Å². The Bertz CT molecular complexity index is 1060. The van der Waals surface area contributed by atoms with Gasteiger partial charge in [-0.1, -0.05) is 31.0 Å². The first-order chi connectivity index (χ1) is 12.6. The van der Waals surface area contributed by atoms with E-state index in [2.05, 4.69) is 5.32 Å². The highest BCUT2D eigenvalue weighted by atomic mass is 32.1. The molecule has 0 spiro atoms. The molecule has 1 fully saturated rings. The molecule has 7 heteroatoms. The smallest absolute Gasteiger partial charge is 0.336 e. The number of carbonyl (C=O) groups excluding carboxylic acids is 1. The molecule has 134 valence electrons. The molecule has 0 unspecified atom stereocenters. The lowest BCUT2D eigenvalue weighted by molar-refractivity contribution is -0.122. The van der Waals surface area contributed by atoms with E-state index in [0.717, 1.165) is 30.3 Å². The first kappa shape index (κ1) is 16.8. The van der Waals surface area contributed by atoms with Crippen LogP contribution in [0, 0.1) is 0 Å². The van der Waals surface area contributed by atoms with Crippen LogP contribution in [-0.2, 0) is 11.3 Å². The van der Waals surface area contributed by atoms with Gasteiger partial charge in [0.2, 0.25) is 5.91 Å². The molecule has 26 heavy (non-hydrogen) atoms. The van der Waals surface area contributed by atoms with E-state index in [-0.39, 0.29) is 24.1 Å². The first-order valence-corrected chi connectivity index (χ1v) is 9.61. The molecule has 1 aliphatic carbocycles. The van der Waals surface area contributed by atoms with Crippen molar-refractivity contribution in [3.05, 3.63) is 62.6 Å². The summed E-state index contributed by atoms with van der Waals surface area (Å²) in [4.78, 5) is 38.3. The van der Waals surface area contributed by atoms with E-state index in [1.165, 1.54) is 15.9 Å². The predicted octanol–water partition coefficient (Wildman–Crippen LogP) is 2.27. The van der Waals surface area contributed by atoms with Gasteiger partial charge < -0.3 is 5.32 Å². The minimum absolute atomic E-state index is 0.0876. The van der Waals surface area contributed by atoms with Crippen LogP contribution in [0.5, 0.6) is 0 Å². The van der Waals surface area contributed by atoms with E-state index < -0.39 is 5.69 Å². The maximum Gasteiger partial charge on any atom is 0.336 e. The second-order valence-corrected chi connectivity index (χ2v) is 7.44. The lowest BCUT2D eigenvalue weighted by Gasteiger charge is -2.15. The van der Waals surface area contributed by atoms with E-state index >= 15 is 0 Å². The fourth-order valence-electron chi connectivity index (χ4n) is 3.53. The molecule has 0 saturated heterocycles. The van der Waals surface area contributed by atoms with Gasteiger partial charge in [-0.2, -0.15) is 0 Å². The van der Waals surface area contributed by atoms with Crippen molar-refractivity contribution in [2.75, 3.05) is 0 Å². The Labute approximate surface area is 153 Å². The van der Waals surface area contributed by atoms with Crippen LogP contribution in [0.2, 0.25) is 0 Å². The quantitative estimate of drug-likeness (QED) is 0.767. The van der Waals surface area contributed by atoms with Gasteiger partial charge in [0, 0.05) is 6.04 Å². The Balaban J connectivity index is 1.79. The number of para-hydroxylation sites is 1. The van der Waals surface area contributed by atoms with Crippen molar-refractivity contribution >= 4 is 27.5 Å². The highest BCUT2D eigenvalue weighted by molar-refractivity contribution is 7.17. The Morgan fingerprint density at radius 3 is 2.58 bits per heavy atom. The van der Waals surface area contributed by atoms with Crippen molar-refractivity contribution in [3.8, 4) is 5.69 Å². The molecule has 1 N–H and O–H groups in total. The molecule has 1 amide bonds. The number of thiophene rings is 1. The van der Waals surface area contributed by atoms with Gasteiger partial charge in [-0.15, -0.1) is 11.3 Å². The second kappa shape index (κ2) is 6.92. The molecular weight excluding hydrogens is 350 g/mol. The van der Waals surface area contributed by atoms with E-state index in [1.807, 2.05) is 6.07 Å². The van der Waals surface area contributed by atoms with Crippen LogP contribution >= 0.6 is 11.3 Å². The van der Waals surface area contributed by atoms with Crippen molar-refractivity contribution in [3.63, 3.8) is 0 Å². The number of nitrogens with one attached hydrogen (secondary N) is 1. The second-order valence-electron chi connectivity index (χ2n) is 6.53. The Hall–Kier alpha value is -2.67. The fraction of sp³-hybridized carbons (Fsp3) is 0.316. The molecule has 4 rings (SSSR count). The minimum atomic E-state index is -0.492. The molecule has 0 radical (unpaired) electrons. The molecular formula is C19H19N3O3S. The highest BCUT2D eigenvalue weighted by Crippen LogP contribution is 2.18. The zero-order chi connectivity index (χ0) is 18.1. The van der Waals surface area contributed by atoms with Crippen molar-refractivity contribution in [1.82, 2.24) is 14.5 Å². The maximum atomic E-state index is 13.0. The number of hydrogen-bond donors (Lipinski definition) is 1. The topological polar surface area (TPSA) is 73.1 Å². The van der Waals surface area contributed by atoms with Gasteiger partial charge in [-0.3, -0.25) is 14.2 Å². The Kier molecular flexibility index (Phi) is 4.46. The lowest BCUT2D eigenvalue weighted by atomic mass is 10.2. The SMILES string of the molecule is O=C(Cn1c(=O)n(-c2ccccc2)c(=O)c2sccc21)NC1CCCC1. The number of aromatic nitrogens is 2. The molecule has 1 aromatic carbocycles. The van der Waals surface area contributed by atoms with Gasteiger partial charge >= 0.3 is 5.69 Å². The molecule has 6 nitrogen and oxygen atoms in total. The van der Waals surface area contributed by atoms with Crippen LogP contribution in [0.4, 0.5) is 0 Å². The van der Waals surface area contributed by atoms with Crippen LogP contribution in [-0.4, -0.2) is 21.1 Å². The molecule has 1 aliphatic rings. The third-order valence-corrected chi connectivity index (χ3v) is 5.68. The van der Waals surface area contributed by atoms with Gasteiger partial charge in [0.15, 0.2) is 0 Å². The number of rotatable bonds is 4. The van der Waals surface area contributed by atoms with Gasteiger partial charge in [0.25, 0.3) is 5.56 Å². The Morgan fingerprint density at radius 2 is 1.85 bits per heavy atom. The van der Waals surface area contributed by atoms with E-state index in [4.69, 9.17) is 0 Å². The lowest BCUT2D eigenvalue weighted by Crippen LogP contribution is -2.42. The Morgan fingerprint density at radius 1 is 1.12 bits per heavy atom. The summed E-state index contributed by atoms with van der Waals surface area (Å²) in [7, 11) is 0. The standard InChI is InChI=1S/C19H19N3O3S/c23-16(20-13-6-4-5-7-13)12-21-15-10-11-26-17(15)18(24)22(19(21)25)14-8-2-1-3-9-14/h1-3,8-11,13H,4-7,12H2,(H,20,23). The summed E-state index contributed by atoms with van der Waals surface area (Å²) in [5.74, 6) is -0.190. The first-order valence-electron chi connectivity index (χ1n) is 8.73. The third kappa shape index (κ3) is 2.99. The van der Waals surface area contributed by atoms with Gasteiger partial charge in [-0.05, 0) is 36.4 Å². The van der Waals surface area contributed by atoms with Crippen molar-refractivity contribution in [2.45, 2.75) is 38.3 Å². The number of benzene rings is 1. The van der Waals surface area contributed by atoms with Crippen molar-refractivity contribution in [2.24, 2.45) is 0 Å². The number of carbonyl (C=O) groups is 1.